The molecule has 5 heteroatoms. The van der Waals surface area contributed by atoms with Crippen LogP contribution >= 0.6 is 39.0 Å². The molecule has 0 saturated heterocycles. The van der Waals surface area contributed by atoms with E-state index in [0.717, 1.165) is 5.33 Å². The van der Waals surface area contributed by atoms with E-state index in [-0.39, 0.29) is 22.5 Å². The van der Waals surface area contributed by atoms with E-state index in [1.807, 2.05) is 23.1 Å². The smallest absolute Gasteiger partial charge is 0.299 e. The lowest BCUT2D eigenvalue weighted by molar-refractivity contribution is -0.749. The van der Waals surface area contributed by atoms with Crippen LogP contribution in [0.1, 0.15) is 6.92 Å². The van der Waals surface area contributed by atoms with Gasteiger partial charge in [-0.2, -0.15) is 4.57 Å². The fourth-order valence-corrected chi connectivity index (χ4v) is 5.47. The highest BCUT2D eigenvalue weighted by molar-refractivity contribution is 9.09. The van der Waals surface area contributed by atoms with E-state index in [4.69, 9.17) is 0 Å². The van der Waals surface area contributed by atoms with Crippen LogP contribution < -0.4 is 21.5 Å². The maximum Gasteiger partial charge on any atom is 0.299 e. The third-order valence-corrected chi connectivity index (χ3v) is 6.75. The van der Waals surface area contributed by atoms with E-state index in [2.05, 4.69) is 51.7 Å². The number of hydrogen-bond acceptors (Lipinski definition) is 2. The van der Waals surface area contributed by atoms with Gasteiger partial charge in [0.1, 0.15) is 4.70 Å². The number of para-hydroxylation sites is 1. The van der Waals surface area contributed by atoms with Crippen LogP contribution in [0.4, 0.5) is 0 Å². The number of fused-ring (bicyclic) bond motifs is 3. The molecule has 1 aromatic carbocycles. The quantitative estimate of drug-likeness (QED) is 0.512. The van der Waals surface area contributed by atoms with Crippen LogP contribution in [0.2, 0.25) is 0 Å². The zero-order valence-electron chi connectivity index (χ0n) is 8.74. The van der Waals surface area contributed by atoms with Gasteiger partial charge in [-0.05, 0) is 17.8 Å². The van der Waals surface area contributed by atoms with Gasteiger partial charge in [0.05, 0.1) is 11.1 Å². The molecule has 1 atom stereocenters. The molecule has 0 radical (unpaired) electrons. The Kier molecular flexibility index (Phi) is 3.69. The summed E-state index contributed by atoms with van der Waals surface area (Å²) in [4.78, 5) is 0. The van der Waals surface area contributed by atoms with Crippen molar-refractivity contribution in [3.8, 4) is 0 Å². The van der Waals surface area contributed by atoms with E-state index in [0.29, 0.717) is 0 Å². The van der Waals surface area contributed by atoms with Crippen LogP contribution in [0.15, 0.2) is 28.6 Å². The van der Waals surface area contributed by atoms with Gasteiger partial charge in [0, 0.05) is 13.0 Å². The normalized spacial score (nSPS) is 23.1. The van der Waals surface area contributed by atoms with Crippen molar-refractivity contribution in [1.29, 1.82) is 0 Å². The molecule has 0 N–H and O–H groups in total. The summed E-state index contributed by atoms with van der Waals surface area (Å²) in [6.07, 6.45) is 0. The van der Waals surface area contributed by atoms with E-state index in [1.54, 1.807) is 0 Å². The Morgan fingerprint density at radius 1 is 1.44 bits per heavy atom. The molecule has 0 aliphatic carbocycles. The zero-order chi connectivity index (χ0) is 10.5. The highest BCUT2D eigenvalue weighted by atomic mass is 79.9. The molecule has 1 aliphatic heterocycles. The van der Waals surface area contributed by atoms with Crippen molar-refractivity contribution in [2.45, 2.75) is 16.8 Å². The van der Waals surface area contributed by atoms with Gasteiger partial charge in [-0.15, -0.1) is 0 Å². The van der Waals surface area contributed by atoms with E-state index >= 15 is 0 Å². The predicted molar refractivity (Wildman–Crippen MR) is 70.2 cm³/mol. The molecule has 1 aliphatic rings. The Balaban J connectivity index is 0.000000963. The molecule has 2 aromatic rings. The van der Waals surface area contributed by atoms with Crippen molar-refractivity contribution in [3.05, 3.63) is 24.3 Å². The first-order valence-corrected chi connectivity index (χ1v) is 7.80. The minimum atomic E-state index is 0. The first-order valence-electron chi connectivity index (χ1n) is 4.87. The molecular weight excluding hydrogens is 370 g/mol. The second kappa shape index (κ2) is 4.59. The summed E-state index contributed by atoms with van der Waals surface area (Å²) in [7, 11) is 0. The average molecular weight is 381 g/mol. The zero-order valence-corrected chi connectivity index (χ0v) is 13.5. The Morgan fingerprint density at radius 2 is 2.19 bits per heavy atom. The number of alkyl halides is 1. The topological polar surface area (TPSA) is 3.88 Å². The molecule has 16 heavy (non-hydrogen) atoms. The second-order valence-corrected chi connectivity index (χ2v) is 6.90. The van der Waals surface area contributed by atoms with Gasteiger partial charge in [0.2, 0.25) is 5.52 Å². The Hall–Kier alpha value is 0.420. The number of rotatable bonds is 1. The van der Waals surface area contributed by atoms with Gasteiger partial charge < -0.3 is 17.0 Å². The summed E-state index contributed by atoms with van der Waals surface area (Å²) in [5.74, 6) is 1.18. The number of nitrogens with zero attached hydrogens (tertiary/aromatic N) is 1. The second-order valence-electron chi connectivity index (χ2n) is 4.09. The molecule has 1 unspecified atom stereocenters. The summed E-state index contributed by atoms with van der Waals surface area (Å²) < 4.78 is 5.33. The molecule has 0 fully saturated rings. The standard InChI is InChI=1S/C11H11BrNS2.BrH/c1-11(6-12)7-14-10-13(11)8-4-2-3-5-9(8)15-10;/h2-5H,6-7H2,1H3;1H/q+1;/p-1. The molecule has 0 saturated carbocycles. The van der Waals surface area contributed by atoms with E-state index in [1.165, 1.54) is 20.3 Å². The Labute approximate surface area is 122 Å². The van der Waals surface area contributed by atoms with Crippen LogP contribution in [0, 0.1) is 0 Å². The molecule has 1 nitrogen and oxygen atoms in total. The van der Waals surface area contributed by atoms with Gasteiger partial charge in [-0.1, -0.05) is 39.4 Å². The average Bonchev–Trinajstić information content (AvgIpc) is 2.78. The van der Waals surface area contributed by atoms with Crippen molar-refractivity contribution >= 4 is 49.2 Å². The maximum atomic E-state index is 3.64. The Morgan fingerprint density at radius 3 is 2.94 bits per heavy atom. The lowest BCUT2D eigenvalue weighted by atomic mass is 10.1. The number of aromatic nitrogens is 1. The molecule has 0 spiro atoms. The van der Waals surface area contributed by atoms with Crippen LogP contribution in [-0.4, -0.2) is 11.1 Å². The number of benzene rings is 1. The maximum absolute atomic E-state index is 3.64. The minimum absolute atomic E-state index is 0. The molecule has 1 aromatic heterocycles. The fraction of sp³-hybridized carbons (Fsp3) is 0.364. The largest absolute Gasteiger partial charge is 1.00 e. The predicted octanol–water partition coefficient (Wildman–Crippen LogP) is 0.409. The molecule has 3 rings (SSSR count). The number of thioether (sulfide) groups is 1. The molecule has 0 amide bonds. The van der Waals surface area contributed by atoms with Crippen molar-refractivity contribution in [2.24, 2.45) is 0 Å². The van der Waals surface area contributed by atoms with E-state index < -0.39 is 0 Å². The summed E-state index contributed by atoms with van der Waals surface area (Å²) in [6, 6.07) is 8.67. The van der Waals surface area contributed by atoms with Crippen molar-refractivity contribution in [2.75, 3.05) is 11.1 Å². The van der Waals surface area contributed by atoms with Gasteiger partial charge in [-0.3, -0.25) is 0 Å². The minimum Gasteiger partial charge on any atom is -1.00 e. The van der Waals surface area contributed by atoms with Crippen LogP contribution in [0.5, 0.6) is 0 Å². The highest BCUT2D eigenvalue weighted by Crippen LogP contribution is 2.39. The molecule has 0 bridgehead atoms. The van der Waals surface area contributed by atoms with Crippen molar-refractivity contribution < 1.29 is 21.5 Å². The molecule has 2 heterocycles. The monoisotopic (exact) mass is 379 g/mol. The third kappa shape index (κ3) is 1.76. The Bertz CT molecular complexity index is 526. The highest BCUT2D eigenvalue weighted by Gasteiger charge is 2.45. The summed E-state index contributed by atoms with van der Waals surface area (Å²) in [5.41, 5.74) is 1.61. The van der Waals surface area contributed by atoms with Gasteiger partial charge in [-0.25, -0.2) is 0 Å². The van der Waals surface area contributed by atoms with Crippen LogP contribution in [0.25, 0.3) is 10.2 Å². The first kappa shape index (κ1) is 12.9. The lowest BCUT2D eigenvalue weighted by Crippen LogP contribution is -3.00. The number of thiazole rings is 1. The number of hydrogen-bond donors (Lipinski definition) is 0. The summed E-state index contributed by atoms with van der Waals surface area (Å²) in [5, 5.41) is 1.02. The van der Waals surface area contributed by atoms with Crippen molar-refractivity contribution in [3.63, 3.8) is 0 Å². The first-order chi connectivity index (χ1) is 7.24. The van der Waals surface area contributed by atoms with Gasteiger partial charge in [0.15, 0.2) is 5.54 Å². The summed E-state index contributed by atoms with van der Waals surface area (Å²) in [6.45, 7) is 2.32. The summed E-state index contributed by atoms with van der Waals surface area (Å²) >= 11 is 7.53. The van der Waals surface area contributed by atoms with Gasteiger partial charge >= 0.3 is 0 Å². The van der Waals surface area contributed by atoms with Crippen molar-refractivity contribution in [1.82, 2.24) is 0 Å². The van der Waals surface area contributed by atoms with E-state index in [9.17, 15) is 0 Å². The van der Waals surface area contributed by atoms with Crippen LogP contribution in [0.3, 0.4) is 0 Å². The molecule has 86 valence electrons. The van der Waals surface area contributed by atoms with Gasteiger partial charge in [0.25, 0.3) is 4.34 Å². The number of halogens is 2. The van der Waals surface area contributed by atoms with Crippen LogP contribution in [-0.2, 0) is 5.54 Å². The molecular formula is C11H11Br2NS2. The lowest BCUT2D eigenvalue weighted by Gasteiger charge is -2.13. The SMILES string of the molecule is CC1(CBr)CSc2sc3ccccc3[n+]21.[Br-]. The fourth-order valence-electron chi connectivity index (χ4n) is 1.95. The third-order valence-electron chi connectivity index (χ3n) is 2.82.